The van der Waals surface area contributed by atoms with Gasteiger partial charge in [0.15, 0.2) is 0 Å². The Morgan fingerprint density at radius 2 is 2.15 bits per heavy atom. The molecule has 0 aliphatic rings. The summed E-state index contributed by atoms with van der Waals surface area (Å²) < 4.78 is 24.1. The minimum absolute atomic E-state index is 0.541. The molecule has 0 spiro atoms. The first kappa shape index (κ1) is 10.2. The standard InChI is InChI=1S/C8H7ClO3S/c9-8-4-2-1-3-7(8)5-6-12-13(10)11/h1-6H,(H,10,11)/p-1. The summed E-state index contributed by atoms with van der Waals surface area (Å²) in [5.74, 6) is 0. The summed E-state index contributed by atoms with van der Waals surface area (Å²) in [5, 5.41) is 0.541. The van der Waals surface area contributed by atoms with Gasteiger partial charge in [-0.2, -0.15) is 0 Å². The SMILES string of the molecule is O=S([O-])OC=Cc1ccccc1Cl. The van der Waals surface area contributed by atoms with Crippen LogP contribution >= 0.6 is 11.6 Å². The Hall–Kier alpha value is -0.840. The first-order chi connectivity index (χ1) is 6.20. The third kappa shape index (κ3) is 3.59. The second-order valence-electron chi connectivity index (χ2n) is 2.12. The second-order valence-corrected chi connectivity index (χ2v) is 3.13. The molecule has 0 fully saturated rings. The van der Waals surface area contributed by atoms with E-state index in [0.29, 0.717) is 10.6 Å². The molecule has 0 saturated carbocycles. The molecule has 70 valence electrons. The maximum absolute atomic E-state index is 9.97. The Morgan fingerprint density at radius 1 is 1.46 bits per heavy atom. The lowest BCUT2D eigenvalue weighted by molar-refractivity contribution is 0.407. The average molecular weight is 218 g/mol. The van der Waals surface area contributed by atoms with Gasteiger partial charge in [0.05, 0.1) is 0 Å². The van der Waals surface area contributed by atoms with Gasteiger partial charge in [0.2, 0.25) is 0 Å². The Balaban J connectivity index is 2.68. The fraction of sp³-hybridized carbons (Fsp3) is 0. The summed E-state index contributed by atoms with van der Waals surface area (Å²) in [6.45, 7) is 0. The minimum Gasteiger partial charge on any atom is -0.740 e. The number of hydrogen-bond donors (Lipinski definition) is 0. The van der Waals surface area contributed by atoms with Gasteiger partial charge < -0.3 is 8.74 Å². The summed E-state index contributed by atoms with van der Waals surface area (Å²) >= 11 is 3.25. The van der Waals surface area contributed by atoms with Crippen molar-refractivity contribution in [3.63, 3.8) is 0 Å². The predicted octanol–water partition coefficient (Wildman–Crippen LogP) is 2.12. The molecule has 0 aliphatic carbocycles. The third-order valence-corrected chi connectivity index (χ3v) is 1.90. The van der Waals surface area contributed by atoms with Crippen molar-refractivity contribution in [3.8, 4) is 0 Å². The molecule has 0 N–H and O–H groups in total. The van der Waals surface area contributed by atoms with Crippen molar-refractivity contribution in [3.05, 3.63) is 41.1 Å². The van der Waals surface area contributed by atoms with Crippen LogP contribution in [0.2, 0.25) is 5.02 Å². The summed E-state index contributed by atoms with van der Waals surface area (Å²) in [7, 11) is 0. The van der Waals surface area contributed by atoms with E-state index in [1.54, 1.807) is 24.3 Å². The maximum Gasteiger partial charge on any atom is 0.138 e. The molecule has 1 aromatic carbocycles. The van der Waals surface area contributed by atoms with Crippen LogP contribution in [-0.4, -0.2) is 8.76 Å². The van der Waals surface area contributed by atoms with Crippen LogP contribution in [0.3, 0.4) is 0 Å². The molecule has 0 saturated heterocycles. The summed E-state index contributed by atoms with van der Waals surface area (Å²) in [6.07, 6.45) is 2.53. The molecular weight excluding hydrogens is 212 g/mol. The Morgan fingerprint density at radius 3 is 2.77 bits per heavy atom. The number of hydrogen-bond acceptors (Lipinski definition) is 3. The largest absolute Gasteiger partial charge is 0.740 e. The molecule has 0 amide bonds. The van der Waals surface area contributed by atoms with Crippen LogP contribution in [0.5, 0.6) is 0 Å². The summed E-state index contributed by atoms with van der Waals surface area (Å²) in [6, 6.07) is 7.03. The third-order valence-electron chi connectivity index (χ3n) is 1.29. The van der Waals surface area contributed by atoms with Crippen LogP contribution < -0.4 is 0 Å². The molecule has 0 heterocycles. The van der Waals surface area contributed by atoms with Gasteiger partial charge in [-0.3, -0.25) is 0 Å². The van der Waals surface area contributed by atoms with Gasteiger partial charge in [-0.15, -0.1) is 0 Å². The van der Waals surface area contributed by atoms with E-state index >= 15 is 0 Å². The molecule has 0 radical (unpaired) electrons. The number of halogens is 1. The lowest BCUT2D eigenvalue weighted by Gasteiger charge is -2.01. The Kier molecular flexibility index (Phi) is 3.95. The number of benzene rings is 1. The highest BCUT2D eigenvalue weighted by Gasteiger charge is 1.92. The summed E-state index contributed by atoms with van der Waals surface area (Å²) in [4.78, 5) is 0. The first-order valence-corrected chi connectivity index (χ1v) is 4.75. The molecule has 1 atom stereocenters. The van der Waals surface area contributed by atoms with Crippen molar-refractivity contribution in [2.75, 3.05) is 0 Å². The van der Waals surface area contributed by atoms with Gasteiger partial charge in [-0.1, -0.05) is 29.8 Å². The van der Waals surface area contributed by atoms with Crippen LogP contribution in [0.15, 0.2) is 30.5 Å². The molecule has 1 unspecified atom stereocenters. The van der Waals surface area contributed by atoms with Crippen LogP contribution in [-0.2, 0) is 15.5 Å². The van der Waals surface area contributed by atoms with E-state index in [1.807, 2.05) is 0 Å². The van der Waals surface area contributed by atoms with Gasteiger partial charge >= 0.3 is 0 Å². The van der Waals surface area contributed by atoms with Crippen molar-refractivity contribution in [1.82, 2.24) is 0 Å². The highest BCUT2D eigenvalue weighted by molar-refractivity contribution is 7.74. The molecule has 0 aromatic heterocycles. The molecule has 1 rings (SSSR count). The van der Waals surface area contributed by atoms with Crippen molar-refractivity contribution in [1.29, 1.82) is 0 Å². The van der Waals surface area contributed by atoms with E-state index in [1.165, 1.54) is 6.08 Å². The highest BCUT2D eigenvalue weighted by atomic mass is 35.5. The smallest absolute Gasteiger partial charge is 0.138 e. The zero-order valence-electron chi connectivity index (χ0n) is 6.48. The van der Waals surface area contributed by atoms with E-state index in [9.17, 15) is 8.76 Å². The highest BCUT2D eigenvalue weighted by Crippen LogP contribution is 2.16. The lowest BCUT2D eigenvalue weighted by Crippen LogP contribution is -1.86. The van der Waals surface area contributed by atoms with Crippen LogP contribution in [0, 0.1) is 0 Å². The molecule has 5 heteroatoms. The van der Waals surface area contributed by atoms with E-state index in [0.717, 1.165) is 6.26 Å². The zero-order chi connectivity index (χ0) is 9.68. The van der Waals surface area contributed by atoms with Crippen LogP contribution in [0.1, 0.15) is 5.56 Å². The number of rotatable bonds is 3. The molecule has 3 nitrogen and oxygen atoms in total. The molecule has 13 heavy (non-hydrogen) atoms. The Labute approximate surface area is 83.5 Å². The molecule has 0 bridgehead atoms. The summed E-state index contributed by atoms with van der Waals surface area (Å²) in [5.41, 5.74) is 0.703. The Bertz CT molecular complexity index is 338. The van der Waals surface area contributed by atoms with E-state index in [-0.39, 0.29) is 0 Å². The van der Waals surface area contributed by atoms with Gasteiger partial charge in [-0.25, -0.2) is 4.21 Å². The average Bonchev–Trinajstić information content (AvgIpc) is 2.08. The maximum atomic E-state index is 9.97. The minimum atomic E-state index is -2.53. The lowest BCUT2D eigenvalue weighted by atomic mass is 10.2. The van der Waals surface area contributed by atoms with Crippen LogP contribution in [0.25, 0.3) is 6.08 Å². The van der Waals surface area contributed by atoms with Gasteiger partial charge in [0, 0.05) is 5.02 Å². The van der Waals surface area contributed by atoms with E-state index < -0.39 is 11.4 Å². The van der Waals surface area contributed by atoms with Crippen molar-refractivity contribution in [2.45, 2.75) is 0 Å². The monoisotopic (exact) mass is 217 g/mol. The van der Waals surface area contributed by atoms with Crippen molar-refractivity contribution >= 4 is 29.0 Å². The molecular formula is C8H6ClO3S-. The first-order valence-electron chi connectivity index (χ1n) is 3.37. The zero-order valence-corrected chi connectivity index (χ0v) is 8.05. The fourth-order valence-corrected chi connectivity index (χ4v) is 1.10. The van der Waals surface area contributed by atoms with Gasteiger partial charge in [0.25, 0.3) is 0 Å². The van der Waals surface area contributed by atoms with Gasteiger partial charge in [-0.05, 0) is 17.7 Å². The normalized spacial score (nSPS) is 13.1. The molecule has 1 aromatic rings. The second kappa shape index (κ2) is 5.01. The topological polar surface area (TPSA) is 49.4 Å². The van der Waals surface area contributed by atoms with Crippen molar-refractivity contribution < 1.29 is 12.9 Å². The van der Waals surface area contributed by atoms with Crippen molar-refractivity contribution in [2.24, 2.45) is 0 Å². The van der Waals surface area contributed by atoms with Gasteiger partial charge in [0.1, 0.15) is 17.6 Å². The van der Waals surface area contributed by atoms with E-state index in [2.05, 4.69) is 4.18 Å². The quantitative estimate of drug-likeness (QED) is 0.576. The predicted molar refractivity (Wildman–Crippen MR) is 50.5 cm³/mol. The molecule has 0 aliphatic heterocycles. The van der Waals surface area contributed by atoms with Crippen LogP contribution in [0.4, 0.5) is 0 Å². The van der Waals surface area contributed by atoms with E-state index in [4.69, 9.17) is 11.6 Å². The fourth-order valence-electron chi connectivity index (χ4n) is 0.757.